The second kappa shape index (κ2) is 11.7. The van der Waals surface area contributed by atoms with Crippen LogP contribution in [0.4, 0.5) is 14.6 Å². The highest BCUT2D eigenvalue weighted by Gasteiger charge is 2.40. The molecule has 2 amide bonds. The van der Waals surface area contributed by atoms with Crippen LogP contribution in [0, 0.1) is 25.5 Å². The Morgan fingerprint density at radius 2 is 1.76 bits per heavy atom. The number of aromatic nitrogens is 2. The highest BCUT2D eigenvalue weighted by atomic mass is 32.2. The molecule has 0 saturated carbocycles. The molecule has 0 saturated heterocycles. The molecule has 42 heavy (non-hydrogen) atoms. The maximum Gasteiger partial charge on any atom is 0.240 e. The van der Waals surface area contributed by atoms with Gasteiger partial charge in [0.15, 0.2) is 0 Å². The lowest BCUT2D eigenvalue weighted by Crippen LogP contribution is -2.42. The molecular weight excluding hydrogens is 554 g/mol. The molecule has 6 nitrogen and oxygen atoms in total. The first-order valence-corrected chi connectivity index (χ1v) is 14.9. The van der Waals surface area contributed by atoms with E-state index in [1.165, 1.54) is 40.9 Å². The number of hydrogen-bond donors (Lipinski definition) is 1. The lowest BCUT2D eigenvalue weighted by Gasteiger charge is -2.25. The second-order valence-corrected chi connectivity index (χ2v) is 12.8. The van der Waals surface area contributed by atoms with E-state index in [1.54, 1.807) is 22.9 Å². The summed E-state index contributed by atoms with van der Waals surface area (Å²) in [7, 11) is 0. The first kappa shape index (κ1) is 29.5. The Hall–Kier alpha value is -3.98. The lowest BCUT2D eigenvalue weighted by molar-refractivity contribution is -0.123. The third-order valence-electron chi connectivity index (χ3n) is 7.24. The molecule has 0 bridgehead atoms. The number of thioether (sulfide) groups is 1. The van der Waals surface area contributed by atoms with E-state index in [1.807, 2.05) is 32.0 Å². The third-order valence-corrected chi connectivity index (χ3v) is 8.49. The van der Waals surface area contributed by atoms with Crippen molar-refractivity contribution in [3.8, 4) is 5.69 Å². The Bertz CT molecular complexity index is 1640. The van der Waals surface area contributed by atoms with Gasteiger partial charge >= 0.3 is 0 Å². The smallest absolute Gasteiger partial charge is 0.240 e. The van der Waals surface area contributed by atoms with E-state index in [2.05, 4.69) is 32.2 Å². The molecule has 9 heteroatoms. The average molecular weight is 589 g/mol. The van der Waals surface area contributed by atoms with Crippen molar-refractivity contribution in [1.82, 2.24) is 15.1 Å². The molecule has 0 aliphatic carbocycles. The van der Waals surface area contributed by atoms with Crippen LogP contribution in [0.1, 0.15) is 59.5 Å². The van der Waals surface area contributed by atoms with Crippen molar-refractivity contribution < 1.29 is 18.4 Å². The van der Waals surface area contributed by atoms with Crippen LogP contribution in [0.2, 0.25) is 0 Å². The fraction of sp³-hybridized carbons (Fsp3) is 0.303. The molecule has 0 spiro atoms. The van der Waals surface area contributed by atoms with Crippen LogP contribution in [0.3, 0.4) is 0 Å². The Kier molecular flexibility index (Phi) is 8.23. The average Bonchev–Trinajstić information content (AvgIpc) is 3.25. The van der Waals surface area contributed by atoms with Crippen molar-refractivity contribution in [2.45, 2.75) is 51.8 Å². The van der Waals surface area contributed by atoms with E-state index >= 15 is 0 Å². The van der Waals surface area contributed by atoms with E-state index in [0.717, 1.165) is 39.2 Å². The molecular formula is C33H34F2N4O2S. The number of halogens is 2. The predicted octanol–water partition coefficient (Wildman–Crippen LogP) is 6.55. The standard InChI is InChI=1S/C33H34F2N4O2S/c1-20-9-14-26(21(2)15-20)39-32-29(31(37-39)33(3,4)5)30(23-7-6-8-25(35)16-23)42-19-28(41)38(32)18-27(40)36-17-22-10-12-24(34)13-11-22/h6-16,30H,17-19H2,1-5H3,(H,36,40)/t30-/m0/s1. The van der Waals surface area contributed by atoms with Gasteiger partial charge in [-0.3, -0.25) is 14.5 Å². The van der Waals surface area contributed by atoms with Gasteiger partial charge in [-0.05, 0) is 60.9 Å². The number of carbonyl (C=O) groups excluding carboxylic acids is 2. The van der Waals surface area contributed by atoms with E-state index < -0.39 is 5.41 Å². The van der Waals surface area contributed by atoms with E-state index in [4.69, 9.17) is 5.10 Å². The molecule has 0 radical (unpaired) electrons. The minimum Gasteiger partial charge on any atom is -0.350 e. The van der Waals surface area contributed by atoms with E-state index in [-0.39, 0.29) is 47.5 Å². The van der Waals surface area contributed by atoms with Crippen molar-refractivity contribution in [1.29, 1.82) is 0 Å². The maximum absolute atomic E-state index is 14.5. The Morgan fingerprint density at radius 3 is 2.43 bits per heavy atom. The topological polar surface area (TPSA) is 67.2 Å². The lowest BCUT2D eigenvalue weighted by atomic mass is 9.87. The van der Waals surface area contributed by atoms with Gasteiger partial charge < -0.3 is 5.32 Å². The zero-order valence-corrected chi connectivity index (χ0v) is 25.2. The number of hydrogen-bond acceptors (Lipinski definition) is 4. The summed E-state index contributed by atoms with van der Waals surface area (Å²) in [6.45, 7) is 10.1. The van der Waals surface area contributed by atoms with Crippen molar-refractivity contribution in [2.24, 2.45) is 0 Å². The number of rotatable bonds is 6. The summed E-state index contributed by atoms with van der Waals surface area (Å²) < 4.78 is 29.6. The van der Waals surface area contributed by atoms with Crippen LogP contribution < -0.4 is 10.2 Å². The molecule has 1 N–H and O–H groups in total. The summed E-state index contributed by atoms with van der Waals surface area (Å²) in [5.74, 6) is -0.721. The van der Waals surface area contributed by atoms with Gasteiger partial charge in [0.2, 0.25) is 11.8 Å². The van der Waals surface area contributed by atoms with Gasteiger partial charge in [0, 0.05) is 17.5 Å². The molecule has 4 aromatic rings. The molecule has 1 aromatic heterocycles. The molecule has 1 atom stereocenters. The first-order chi connectivity index (χ1) is 19.9. The van der Waals surface area contributed by atoms with Crippen LogP contribution in [-0.4, -0.2) is 33.9 Å². The summed E-state index contributed by atoms with van der Waals surface area (Å²) in [6.07, 6.45) is 0. The molecule has 218 valence electrons. The summed E-state index contributed by atoms with van der Waals surface area (Å²) in [4.78, 5) is 28.6. The van der Waals surface area contributed by atoms with Crippen molar-refractivity contribution in [3.63, 3.8) is 0 Å². The minimum absolute atomic E-state index is 0.0948. The van der Waals surface area contributed by atoms with Crippen molar-refractivity contribution >= 4 is 29.4 Å². The van der Waals surface area contributed by atoms with Gasteiger partial charge in [0.25, 0.3) is 0 Å². The summed E-state index contributed by atoms with van der Waals surface area (Å²) in [5, 5.41) is 7.58. The van der Waals surface area contributed by atoms with Gasteiger partial charge in [0.05, 0.1) is 22.4 Å². The fourth-order valence-corrected chi connectivity index (χ4v) is 6.41. The number of nitrogens with one attached hydrogen (secondary N) is 1. The Morgan fingerprint density at radius 1 is 1.02 bits per heavy atom. The summed E-state index contributed by atoms with van der Waals surface area (Å²) in [6, 6.07) is 18.3. The largest absolute Gasteiger partial charge is 0.350 e. The number of nitrogens with zero attached hydrogens (tertiary/aromatic N) is 3. The molecule has 0 fully saturated rings. The second-order valence-electron chi connectivity index (χ2n) is 11.7. The highest BCUT2D eigenvalue weighted by Crippen LogP contribution is 2.48. The molecule has 0 unspecified atom stereocenters. The first-order valence-electron chi connectivity index (χ1n) is 13.8. The number of aryl methyl sites for hydroxylation is 2. The zero-order chi connectivity index (χ0) is 30.2. The third kappa shape index (κ3) is 6.11. The predicted molar refractivity (Wildman–Crippen MR) is 163 cm³/mol. The minimum atomic E-state index is -0.427. The van der Waals surface area contributed by atoms with Crippen molar-refractivity contribution in [2.75, 3.05) is 17.2 Å². The van der Waals surface area contributed by atoms with Crippen molar-refractivity contribution in [3.05, 3.63) is 112 Å². The Labute approximate surface area is 249 Å². The zero-order valence-electron chi connectivity index (χ0n) is 24.4. The van der Waals surface area contributed by atoms with Crippen LogP contribution >= 0.6 is 11.8 Å². The van der Waals surface area contributed by atoms with Gasteiger partial charge in [-0.15, -0.1) is 11.8 Å². The molecule has 1 aliphatic heterocycles. The fourth-order valence-electron chi connectivity index (χ4n) is 5.22. The van der Waals surface area contributed by atoms with E-state index in [0.29, 0.717) is 5.82 Å². The van der Waals surface area contributed by atoms with Gasteiger partial charge in [-0.1, -0.05) is 62.7 Å². The number of carbonyl (C=O) groups is 2. The van der Waals surface area contributed by atoms with Crippen LogP contribution in [0.25, 0.3) is 5.69 Å². The van der Waals surface area contributed by atoms with E-state index in [9.17, 15) is 18.4 Å². The highest BCUT2D eigenvalue weighted by molar-refractivity contribution is 8.00. The quantitative estimate of drug-likeness (QED) is 0.277. The van der Waals surface area contributed by atoms with Crippen LogP contribution in [-0.2, 0) is 21.5 Å². The molecule has 5 rings (SSSR count). The van der Waals surface area contributed by atoms with Gasteiger partial charge in [0.1, 0.15) is 24.0 Å². The maximum atomic E-state index is 14.5. The number of benzene rings is 3. The number of amides is 2. The molecule has 3 aromatic carbocycles. The number of fused-ring (bicyclic) bond motifs is 1. The van der Waals surface area contributed by atoms with Crippen LogP contribution in [0.5, 0.6) is 0 Å². The summed E-state index contributed by atoms with van der Waals surface area (Å²) >= 11 is 1.41. The molecule has 2 heterocycles. The van der Waals surface area contributed by atoms with Gasteiger partial charge in [-0.2, -0.15) is 5.10 Å². The SMILES string of the molecule is Cc1ccc(-n2nc(C(C)(C)C)c3c2N(CC(=O)NCc2ccc(F)cc2)C(=O)CS[C@H]3c2cccc(F)c2)c(C)c1. The monoisotopic (exact) mass is 588 g/mol. The normalized spacial score (nSPS) is 15.4. The summed E-state index contributed by atoms with van der Waals surface area (Å²) in [5.41, 5.74) is 5.44. The Balaban J connectivity index is 1.66. The van der Waals surface area contributed by atoms with Crippen LogP contribution in [0.15, 0.2) is 66.7 Å². The van der Waals surface area contributed by atoms with Gasteiger partial charge in [-0.25, -0.2) is 13.5 Å². The number of anilines is 1. The molecule has 1 aliphatic rings.